The van der Waals surface area contributed by atoms with Crippen molar-refractivity contribution >= 4 is 5.97 Å². The number of nitrogens with zero attached hydrogens (tertiary/aromatic N) is 1. The molecule has 2 aromatic carbocycles. The highest BCUT2D eigenvalue weighted by atomic mass is 16.5. The maximum Gasteiger partial charge on any atom is 0.338 e. The average molecular weight is 390 g/mol. The van der Waals surface area contributed by atoms with Crippen LogP contribution in [0, 0.1) is 17.2 Å². The Bertz CT molecular complexity index is 809. The number of carbonyl (C=O) groups is 1. The molecule has 0 bridgehead atoms. The van der Waals surface area contributed by atoms with Crippen LogP contribution in [0.15, 0.2) is 48.5 Å². The van der Waals surface area contributed by atoms with Crippen molar-refractivity contribution in [2.75, 3.05) is 0 Å². The molecule has 0 unspecified atom stereocenters. The van der Waals surface area contributed by atoms with Crippen molar-refractivity contribution < 1.29 is 9.53 Å². The molecule has 1 saturated carbocycles. The smallest absolute Gasteiger partial charge is 0.338 e. The van der Waals surface area contributed by atoms with E-state index in [-0.39, 0.29) is 18.0 Å². The molecular weight excluding hydrogens is 358 g/mol. The molecule has 0 saturated heterocycles. The summed E-state index contributed by atoms with van der Waals surface area (Å²) in [7, 11) is 0. The molecule has 1 aliphatic carbocycles. The van der Waals surface area contributed by atoms with Gasteiger partial charge in [-0.3, -0.25) is 0 Å². The highest BCUT2D eigenvalue weighted by Gasteiger charge is 2.24. The van der Waals surface area contributed by atoms with Gasteiger partial charge in [0.25, 0.3) is 0 Å². The number of benzene rings is 2. The Morgan fingerprint density at radius 2 is 1.55 bits per heavy atom. The maximum absolute atomic E-state index is 12.4. The van der Waals surface area contributed by atoms with Gasteiger partial charge in [0, 0.05) is 5.92 Å². The zero-order chi connectivity index (χ0) is 20.5. The highest BCUT2D eigenvalue weighted by molar-refractivity contribution is 5.90. The SMILES string of the molecule is CCCCCCc1ccc(-c2ccc(C(=O)OC3CCC(C#N)CC3)cc2)cc1. The zero-order valence-electron chi connectivity index (χ0n) is 17.4. The first-order valence-corrected chi connectivity index (χ1v) is 11.0. The maximum atomic E-state index is 12.4. The van der Waals surface area contributed by atoms with Crippen LogP contribution in [0.25, 0.3) is 11.1 Å². The summed E-state index contributed by atoms with van der Waals surface area (Å²) in [6, 6.07) is 18.7. The van der Waals surface area contributed by atoms with Gasteiger partial charge in [-0.15, -0.1) is 0 Å². The number of aryl methyl sites for hydroxylation is 1. The number of ether oxygens (including phenoxy) is 1. The number of carbonyl (C=O) groups excluding carboxylic acids is 1. The van der Waals surface area contributed by atoms with Gasteiger partial charge in [-0.25, -0.2) is 4.79 Å². The van der Waals surface area contributed by atoms with Gasteiger partial charge in [-0.1, -0.05) is 62.6 Å². The van der Waals surface area contributed by atoms with Gasteiger partial charge < -0.3 is 4.74 Å². The molecule has 0 N–H and O–H groups in total. The van der Waals surface area contributed by atoms with Crippen LogP contribution in [-0.2, 0) is 11.2 Å². The number of rotatable bonds is 8. The Balaban J connectivity index is 1.53. The average Bonchev–Trinajstić information content (AvgIpc) is 2.78. The van der Waals surface area contributed by atoms with Crippen LogP contribution < -0.4 is 0 Å². The Morgan fingerprint density at radius 3 is 2.14 bits per heavy atom. The van der Waals surface area contributed by atoms with Crippen LogP contribution in [0.4, 0.5) is 0 Å². The van der Waals surface area contributed by atoms with Crippen molar-refractivity contribution in [1.29, 1.82) is 5.26 Å². The summed E-state index contributed by atoms with van der Waals surface area (Å²) in [5.74, 6) is -0.147. The van der Waals surface area contributed by atoms with E-state index in [1.807, 2.05) is 24.3 Å². The van der Waals surface area contributed by atoms with Gasteiger partial charge in [-0.05, 0) is 67.3 Å². The van der Waals surface area contributed by atoms with Crippen LogP contribution >= 0.6 is 0 Å². The standard InChI is InChI=1S/C26H31NO2/c1-2-3-4-5-6-20-7-11-22(12-8-20)23-13-15-24(16-14-23)26(28)29-25-17-9-21(19-27)10-18-25/h7-8,11-16,21,25H,2-6,9-10,17-18H2,1H3. The summed E-state index contributed by atoms with van der Waals surface area (Å²) in [5, 5.41) is 8.97. The molecule has 0 radical (unpaired) electrons. The van der Waals surface area contributed by atoms with Crippen LogP contribution in [0.3, 0.4) is 0 Å². The first-order chi connectivity index (χ1) is 14.2. The number of unbranched alkanes of at least 4 members (excludes halogenated alkanes) is 3. The molecule has 3 rings (SSSR count). The first-order valence-electron chi connectivity index (χ1n) is 11.0. The third-order valence-electron chi connectivity index (χ3n) is 5.86. The molecule has 3 nitrogen and oxygen atoms in total. The summed E-state index contributed by atoms with van der Waals surface area (Å²) in [6.07, 6.45) is 9.43. The molecule has 0 aromatic heterocycles. The summed E-state index contributed by atoms with van der Waals surface area (Å²) < 4.78 is 5.64. The molecule has 1 fully saturated rings. The quantitative estimate of drug-likeness (QED) is 0.372. The predicted molar refractivity (Wildman–Crippen MR) is 116 cm³/mol. The number of nitriles is 1. The molecular formula is C26H31NO2. The van der Waals surface area contributed by atoms with E-state index in [0.717, 1.165) is 43.2 Å². The Labute approximate surface area is 174 Å². The lowest BCUT2D eigenvalue weighted by molar-refractivity contribution is 0.0187. The van der Waals surface area contributed by atoms with Crippen molar-refractivity contribution in [3.05, 3.63) is 59.7 Å². The van der Waals surface area contributed by atoms with Crippen molar-refractivity contribution in [3.63, 3.8) is 0 Å². The Morgan fingerprint density at radius 1 is 0.931 bits per heavy atom. The fourth-order valence-electron chi connectivity index (χ4n) is 3.95. The molecule has 29 heavy (non-hydrogen) atoms. The van der Waals surface area contributed by atoms with E-state index in [1.54, 1.807) is 0 Å². The lowest BCUT2D eigenvalue weighted by Gasteiger charge is -2.24. The lowest BCUT2D eigenvalue weighted by Crippen LogP contribution is -2.24. The van der Waals surface area contributed by atoms with E-state index in [2.05, 4.69) is 37.3 Å². The predicted octanol–water partition coefficient (Wildman–Crippen LogP) is 6.72. The van der Waals surface area contributed by atoms with Crippen molar-refractivity contribution in [2.45, 2.75) is 70.8 Å². The molecule has 2 aromatic rings. The van der Waals surface area contributed by atoms with E-state index in [4.69, 9.17) is 10.00 Å². The molecule has 0 spiro atoms. The summed E-state index contributed by atoms with van der Waals surface area (Å²) in [4.78, 5) is 12.4. The second kappa shape index (κ2) is 10.8. The molecule has 0 heterocycles. The second-order valence-electron chi connectivity index (χ2n) is 8.09. The van der Waals surface area contributed by atoms with Gasteiger partial charge in [0.15, 0.2) is 0 Å². The Hall–Kier alpha value is -2.60. The number of hydrogen-bond donors (Lipinski definition) is 0. The minimum absolute atomic E-state index is 0.0587. The van der Waals surface area contributed by atoms with Crippen LogP contribution in [0.2, 0.25) is 0 Å². The summed E-state index contributed by atoms with van der Waals surface area (Å²) in [6.45, 7) is 2.24. The molecule has 1 aliphatic rings. The highest BCUT2D eigenvalue weighted by Crippen LogP contribution is 2.27. The van der Waals surface area contributed by atoms with Gasteiger partial charge in [0.1, 0.15) is 6.10 Å². The van der Waals surface area contributed by atoms with Crippen molar-refractivity contribution in [1.82, 2.24) is 0 Å². The minimum Gasteiger partial charge on any atom is -0.459 e. The lowest BCUT2D eigenvalue weighted by atomic mass is 9.88. The van der Waals surface area contributed by atoms with E-state index in [0.29, 0.717) is 5.56 Å². The van der Waals surface area contributed by atoms with Gasteiger partial charge >= 0.3 is 5.97 Å². The molecule has 3 heteroatoms. The molecule has 0 atom stereocenters. The zero-order valence-corrected chi connectivity index (χ0v) is 17.4. The first kappa shape index (κ1) is 21.1. The van der Waals surface area contributed by atoms with Crippen LogP contribution in [0.1, 0.15) is 74.2 Å². The summed E-state index contributed by atoms with van der Waals surface area (Å²) in [5.41, 5.74) is 4.24. The third-order valence-corrected chi connectivity index (χ3v) is 5.86. The van der Waals surface area contributed by atoms with Crippen molar-refractivity contribution in [3.8, 4) is 17.2 Å². The monoisotopic (exact) mass is 389 g/mol. The van der Waals surface area contributed by atoms with E-state index in [1.165, 1.54) is 31.2 Å². The number of esters is 1. The molecule has 0 amide bonds. The van der Waals surface area contributed by atoms with E-state index >= 15 is 0 Å². The van der Waals surface area contributed by atoms with E-state index < -0.39 is 0 Å². The fourth-order valence-corrected chi connectivity index (χ4v) is 3.95. The largest absolute Gasteiger partial charge is 0.459 e. The topological polar surface area (TPSA) is 50.1 Å². The minimum atomic E-state index is -0.264. The number of hydrogen-bond acceptors (Lipinski definition) is 3. The van der Waals surface area contributed by atoms with Crippen LogP contribution in [0.5, 0.6) is 0 Å². The molecule has 152 valence electrons. The van der Waals surface area contributed by atoms with Crippen LogP contribution in [-0.4, -0.2) is 12.1 Å². The normalized spacial score (nSPS) is 18.8. The third kappa shape index (κ3) is 6.19. The molecule has 0 aliphatic heterocycles. The fraction of sp³-hybridized carbons (Fsp3) is 0.462. The summed E-state index contributed by atoms with van der Waals surface area (Å²) >= 11 is 0. The van der Waals surface area contributed by atoms with Crippen molar-refractivity contribution in [2.24, 2.45) is 5.92 Å². The van der Waals surface area contributed by atoms with Gasteiger partial charge in [-0.2, -0.15) is 5.26 Å². The van der Waals surface area contributed by atoms with E-state index in [9.17, 15) is 4.79 Å². The van der Waals surface area contributed by atoms with Gasteiger partial charge in [0.05, 0.1) is 11.6 Å². The van der Waals surface area contributed by atoms with Gasteiger partial charge in [0.2, 0.25) is 0 Å². The Kier molecular flexibility index (Phi) is 7.87. The second-order valence-corrected chi connectivity index (χ2v) is 8.09.